The molecule has 0 aromatic carbocycles. The molecule has 5 nitrogen and oxygen atoms in total. The largest absolute Gasteiger partial charge is 0.465 e. The number of nitrogens with one attached hydrogen (secondary N) is 1. The van der Waals surface area contributed by atoms with Crippen molar-refractivity contribution in [2.24, 2.45) is 5.92 Å². The third-order valence-electron chi connectivity index (χ3n) is 2.83. The van der Waals surface area contributed by atoms with Crippen LogP contribution in [0, 0.1) is 5.92 Å². The molecule has 0 radical (unpaired) electrons. The first kappa shape index (κ1) is 11.6. The van der Waals surface area contributed by atoms with Crippen LogP contribution in [0.5, 0.6) is 0 Å². The number of carbonyl (C=O) groups is 2. The first-order valence-electron chi connectivity index (χ1n) is 5.58. The molecule has 0 saturated carbocycles. The van der Waals surface area contributed by atoms with E-state index >= 15 is 0 Å². The Bertz CT molecular complexity index is 419. The van der Waals surface area contributed by atoms with E-state index in [1.54, 1.807) is 25.4 Å². The van der Waals surface area contributed by atoms with Gasteiger partial charge in [-0.05, 0) is 18.6 Å². The second kappa shape index (κ2) is 4.95. The molecule has 1 amide bonds. The summed E-state index contributed by atoms with van der Waals surface area (Å²) in [5.41, 5.74) is 0.879. The lowest BCUT2D eigenvalue weighted by Crippen LogP contribution is -2.29. The van der Waals surface area contributed by atoms with Crippen LogP contribution in [0.25, 0.3) is 0 Å². The third-order valence-corrected chi connectivity index (χ3v) is 2.83. The summed E-state index contributed by atoms with van der Waals surface area (Å²) in [6.07, 6.45) is 3.34. The van der Waals surface area contributed by atoms with Gasteiger partial charge in [-0.25, -0.2) is 0 Å². The minimum atomic E-state index is -0.751. The molecule has 5 heteroatoms. The molecule has 1 fully saturated rings. The lowest BCUT2D eigenvalue weighted by molar-refractivity contribution is -0.151. The van der Waals surface area contributed by atoms with E-state index in [9.17, 15) is 9.59 Å². The molecule has 1 N–H and O–H groups in total. The summed E-state index contributed by atoms with van der Waals surface area (Å²) in [6, 6.07) is 3.66. The van der Waals surface area contributed by atoms with Crippen molar-refractivity contribution < 1.29 is 14.3 Å². The molecule has 0 unspecified atom stereocenters. The van der Waals surface area contributed by atoms with Crippen molar-refractivity contribution in [1.82, 2.24) is 10.3 Å². The van der Waals surface area contributed by atoms with Gasteiger partial charge in [0.15, 0.2) is 0 Å². The average Bonchev–Trinajstić information content (AvgIpc) is 2.73. The van der Waals surface area contributed by atoms with Gasteiger partial charge >= 0.3 is 5.97 Å². The highest BCUT2D eigenvalue weighted by molar-refractivity contribution is 6.00. The fourth-order valence-corrected chi connectivity index (χ4v) is 2.03. The maximum absolute atomic E-state index is 11.7. The molecule has 2 rings (SSSR count). The average molecular weight is 234 g/mol. The molecule has 1 aromatic rings. The molecular weight excluding hydrogens is 220 g/mol. The molecule has 1 aromatic heterocycles. The van der Waals surface area contributed by atoms with Crippen molar-refractivity contribution in [2.75, 3.05) is 13.2 Å². The zero-order valence-corrected chi connectivity index (χ0v) is 9.55. The van der Waals surface area contributed by atoms with Crippen LogP contribution < -0.4 is 5.32 Å². The van der Waals surface area contributed by atoms with Crippen molar-refractivity contribution in [3.8, 4) is 0 Å². The molecule has 1 aliphatic rings. The molecule has 0 bridgehead atoms. The first-order chi connectivity index (χ1) is 8.24. The van der Waals surface area contributed by atoms with Crippen LogP contribution in [0.4, 0.5) is 0 Å². The number of hydrogen-bond acceptors (Lipinski definition) is 4. The highest BCUT2D eigenvalue weighted by Crippen LogP contribution is 2.29. The molecular formula is C12H14N2O3. The Morgan fingerprint density at radius 3 is 3.12 bits per heavy atom. The van der Waals surface area contributed by atoms with E-state index in [0.717, 1.165) is 5.56 Å². The number of aromatic nitrogens is 1. The molecule has 1 aliphatic heterocycles. The number of rotatable bonds is 3. The number of carbonyl (C=O) groups excluding carboxylic acids is 2. The van der Waals surface area contributed by atoms with Crippen LogP contribution >= 0.6 is 0 Å². The van der Waals surface area contributed by atoms with E-state index < -0.39 is 11.9 Å². The Labute approximate surface area is 99.2 Å². The summed E-state index contributed by atoms with van der Waals surface area (Å²) in [6.45, 7) is 2.46. The maximum Gasteiger partial charge on any atom is 0.319 e. The number of hydrogen-bond donors (Lipinski definition) is 1. The van der Waals surface area contributed by atoms with Crippen LogP contribution in [0.1, 0.15) is 18.4 Å². The zero-order valence-electron chi connectivity index (χ0n) is 9.55. The third kappa shape index (κ3) is 2.27. The van der Waals surface area contributed by atoms with Crippen LogP contribution in [0.3, 0.4) is 0 Å². The van der Waals surface area contributed by atoms with Gasteiger partial charge in [0.1, 0.15) is 5.92 Å². The van der Waals surface area contributed by atoms with Crippen molar-refractivity contribution >= 4 is 11.9 Å². The van der Waals surface area contributed by atoms with Gasteiger partial charge < -0.3 is 10.1 Å². The monoisotopic (exact) mass is 234 g/mol. The molecule has 2 atom stereocenters. The summed E-state index contributed by atoms with van der Waals surface area (Å²) < 4.78 is 4.93. The molecule has 90 valence electrons. The summed E-state index contributed by atoms with van der Waals surface area (Å²) in [5, 5.41) is 2.69. The number of nitrogens with zero attached hydrogens (tertiary/aromatic N) is 1. The lowest BCUT2D eigenvalue weighted by Gasteiger charge is -2.15. The Morgan fingerprint density at radius 1 is 1.65 bits per heavy atom. The number of pyridine rings is 1. The molecule has 1 saturated heterocycles. The van der Waals surface area contributed by atoms with E-state index in [1.807, 2.05) is 6.07 Å². The fourth-order valence-electron chi connectivity index (χ4n) is 2.03. The Hall–Kier alpha value is -1.91. The van der Waals surface area contributed by atoms with E-state index in [-0.39, 0.29) is 18.4 Å². The van der Waals surface area contributed by atoms with Gasteiger partial charge in [-0.3, -0.25) is 14.6 Å². The molecule has 0 spiro atoms. The van der Waals surface area contributed by atoms with Gasteiger partial charge in [-0.1, -0.05) is 6.07 Å². The molecule has 0 aliphatic carbocycles. The maximum atomic E-state index is 11.7. The Balaban J connectivity index is 2.22. The topological polar surface area (TPSA) is 68.3 Å². The number of esters is 1. The Kier molecular flexibility index (Phi) is 3.37. The minimum Gasteiger partial charge on any atom is -0.465 e. The minimum absolute atomic E-state index is 0.185. The highest BCUT2D eigenvalue weighted by Gasteiger charge is 2.42. The normalized spacial score (nSPS) is 23.2. The first-order valence-corrected chi connectivity index (χ1v) is 5.58. The van der Waals surface area contributed by atoms with E-state index in [4.69, 9.17) is 4.74 Å². The van der Waals surface area contributed by atoms with Gasteiger partial charge in [0, 0.05) is 24.9 Å². The van der Waals surface area contributed by atoms with Gasteiger partial charge in [-0.2, -0.15) is 0 Å². The lowest BCUT2D eigenvalue weighted by atomic mass is 9.89. The summed E-state index contributed by atoms with van der Waals surface area (Å²) >= 11 is 0. The zero-order chi connectivity index (χ0) is 12.3. The van der Waals surface area contributed by atoms with Crippen LogP contribution in [-0.2, 0) is 14.3 Å². The summed E-state index contributed by atoms with van der Waals surface area (Å²) in [5.74, 6) is -1.66. The van der Waals surface area contributed by atoms with Crippen molar-refractivity contribution in [3.05, 3.63) is 30.1 Å². The van der Waals surface area contributed by atoms with Gasteiger partial charge in [-0.15, -0.1) is 0 Å². The predicted octanol–water partition coefficient (Wildman–Crippen LogP) is 0.474. The van der Waals surface area contributed by atoms with E-state index in [1.165, 1.54) is 0 Å². The van der Waals surface area contributed by atoms with Crippen molar-refractivity contribution in [3.63, 3.8) is 0 Å². The standard InChI is InChI=1S/C12H14N2O3/c1-2-17-12(16)10-9(7-14-11(10)15)8-4-3-5-13-6-8/h3-6,9-10H,2,7H2,1H3,(H,14,15)/t9-,10-/m0/s1. The SMILES string of the molecule is CCOC(=O)[C@@H]1C(=O)NC[C@H]1c1cccnc1. The molecule has 17 heavy (non-hydrogen) atoms. The smallest absolute Gasteiger partial charge is 0.319 e. The van der Waals surface area contributed by atoms with Crippen LogP contribution in [0.15, 0.2) is 24.5 Å². The van der Waals surface area contributed by atoms with Gasteiger partial charge in [0.2, 0.25) is 5.91 Å². The predicted molar refractivity (Wildman–Crippen MR) is 60.1 cm³/mol. The van der Waals surface area contributed by atoms with Crippen molar-refractivity contribution in [1.29, 1.82) is 0 Å². The van der Waals surface area contributed by atoms with E-state index in [0.29, 0.717) is 6.54 Å². The second-order valence-electron chi connectivity index (χ2n) is 3.87. The summed E-state index contributed by atoms with van der Waals surface area (Å²) in [4.78, 5) is 27.4. The second-order valence-corrected chi connectivity index (χ2v) is 3.87. The van der Waals surface area contributed by atoms with Crippen LogP contribution in [0.2, 0.25) is 0 Å². The Morgan fingerprint density at radius 2 is 2.47 bits per heavy atom. The van der Waals surface area contributed by atoms with Crippen LogP contribution in [-0.4, -0.2) is 30.0 Å². The quantitative estimate of drug-likeness (QED) is 0.610. The van der Waals surface area contributed by atoms with Crippen molar-refractivity contribution in [2.45, 2.75) is 12.8 Å². The summed E-state index contributed by atoms with van der Waals surface area (Å²) in [7, 11) is 0. The van der Waals surface area contributed by atoms with Gasteiger partial charge in [0.25, 0.3) is 0 Å². The number of ether oxygens (including phenoxy) is 1. The number of amides is 1. The molecule has 2 heterocycles. The fraction of sp³-hybridized carbons (Fsp3) is 0.417. The van der Waals surface area contributed by atoms with E-state index in [2.05, 4.69) is 10.3 Å². The highest BCUT2D eigenvalue weighted by atomic mass is 16.5. The van der Waals surface area contributed by atoms with Gasteiger partial charge in [0.05, 0.1) is 6.61 Å².